The van der Waals surface area contributed by atoms with E-state index < -0.39 is 18.0 Å². The van der Waals surface area contributed by atoms with Crippen molar-refractivity contribution in [2.45, 2.75) is 31.0 Å². The van der Waals surface area contributed by atoms with Crippen molar-refractivity contribution in [3.8, 4) is 0 Å². The Morgan fingerprint density at radius 1 is 1.54 bits per heavy atom. The number of hydrogen-bond acceptors (Lipinski definition) is 7. The molecule has 2 aromatic heterocycles. The van der Waals surface area contributed by atoms with E-state index in [0.29, 0.717) is 5.57 Å². The number of carboxylic acids is 1. The molecule has 2 aliphatic heterocycles. The number of carbonyl (C=O) groups is 2. The molecule has 2 aliphatic rings. The minimum Gasteiger partial charge on any atom is -0.543 e. The van der Waals surface area contributed by atoms with E-state index in [0.717, 1.165) is 25.8 Å². The van der Waals surface area contributed by atoms with Crippen molar-refractivity contribution in [2.24, 2.45) is 11.8 Å². The third kappa shape index (κ3) is 3.30. The van der Waals surface area contributed by atoms with Crippen LogP contribution >= 0.6 is 39.0 Å². The molecule has 7 nitrogen and oxygen atoms in total. The van der Waals surface area contributed by atoms with E-state index in [2.05, 4.69) is 20.9 Å². The largest absolute Gasteiger partial charge is 1.00 e. The smallest absolute Gasteiger partial charge is 0.543 e. The zero-order chi connectivity index (χ0) is 19.5. The molecule has 0 bridgehead atoms. The average molecular weight is 494 g/mol. The van der Waals surface area contributed by atoms with Gasteiger partial charge >= 0.3 is 29.6 Å². The number of aromatic nitrogens is 2. The van der Waals surface area contributed by atoms with Crippen LogP contribution in [0.25, 0.3) is 10.4 Å². The fourth-order valence-corrected chi connectivity index (χ4v) is 6.54. The van der Waals surface area contributed by atoms with Crippen molar-refractivity contribution < 1.29 is 49.4 Å². The van der Waals surface area contributed by atoms with Gasteiger partial charge in [0.05, 0.1) is 34.6 Å². The summed E-state index contributed by atoms with van der Waals surface area (Å²) < 4.78 is 1.88. The van der Waals surface area contributed by atoms with Gasteiger partial charge in [-0.3, -0.25) is 9.20 Å². The van der Waals surface area contributed by atoms with Crippen LogP contribution in [0.4, 0.5) is 0 Å². The number of thioether (sulfide) groups is 1. The standard InChI is InChI=1S/C17H18BrN3O4S2.Na/c1-7-10(9-5-20-6-19-14(16(20)27-9)26-4-3-18)13(17(24)25)21-12(7)11(8(2)22)15(21)23;/h5-8,11-12,22H,3-4H2,1-2H3,(H,24,25);/q;+1/p-1/t7-,8+,11+,12+;/m0./s1. The first-order chi connectivity index (χ1) is 12.9. The van der Waals surface area contributed by atoms with Crippen molar-refractivity contribution in [2.75, 3.05) is 11.1 Å². The minimum atomic E-state index is -1.36. The topological polar surface area (TPSA) is 98.0 Å². The van der Waals surface area contributed by atoms with Gasteiger partial charge in [-0.1, -0.05) is 22.9 Å². The molecule has 2 aromatic rings. The van der Waals surface area contributed by atoms with Crippen LogP contribution in [0.3, 0.4) is 0 Å². The number of hydrogen-bond donors (Lipinski definition) is 1. The van der Waals surface area contributed by atoms with E-state index >= 15 is 0 Å². The number of fused-ring (bicyclic) bond motifs is 2. The number of alkyl halides is 1. The maximum atomic E-state index is 12.4. The molecule has 4 heterocycles. The van der Waals surface area contributed by atoms with Crippen molar-refractivity contribution in [3.63, 3.8) is 0 Å². The van der Waals surface area contributed by atoms with Crippen LogP contribution in [0, 0.1) is 11.8 Å². The predicted molar refractivity (Wildman–Crippen MR) is 104 cm³/mol. The van der Waals surface area contributed by atoms with E-state index in [4.69, 9.17) is 0 Å². The first kappa shape index (κ1) is 22.3. The predicted octanol–water partition coefficient (Wildman–Crippen LogP) is -1.79. The Morgan fingerprint density at radius 2 is 2.25 bits per heavy atom. The van der Waals surface area contributed by atoms with Crippen LogP contribution in [0.1, 0.15) is 18.7 Å². The van der Waals surface area contributed by atoms with E-state index in [1.54, 1.807) is 25.0 Å². The van der Waals surface area contributed by atoms with Crippen molar-refractivity contribution >= 4 is 61.3 Å². The number of halogens is 1. The Bertz CT molecular complexity index is 973. The number of thiazole rings is 1. The van der Waals surface area contributed by atoms with E-state index in [1.165, 1.54) is 16.2 Å². The van der Waals surface area contributed by atoms with Crippen LogP contribution < -0.4 is 34.7 Å². The summed E-state index contributed by atoms with van der Waals surface area (Å²) in [5.41, 5.74) is 0.531. The van der Waals surface area contributed by atoms with Gasteiger partial charge in [0.25, 0.3) is 0 Å². The number of aliphatic hydroxyl groups excluding tert-OH is 1. The molecule has 0 aromatic carbocycles. The van der Waals surface area contributed by atoms with Crippen molar-refractivity contribution in [1.82, 2.24) is 14.3 Å². The van der Waals surface area contributed by atoms with E-state index in [9.17, 15) is 19.8 Å². The van der Waals surface area contributed by atoms with Gasteiger partial charge in [-0.15, -0.1) is 23.1 Å². The summed E-state index contributed by atoms with van der Waals surface area (Å²) in [6.07, 6.45) is 2.75. The van der Waals surface area contributed by atoms with Gasteiger partial charge in [0.2, 0.25) is 5.91 Å². The second kappa shape index (κ2) is 8.41. The van der Waals surface area contributed by atoms with Gasteiger partial charge in [0, 0.05) is 28.8 Å². The fraction of sp³-hybridized carbons (Fsp3) is 0.471. The summed E-state index contributed by atoms with van der Waals surface area (Å²) in [7, 11) is 0. The van der Waals surface area contributed by atoms with Crippen LogP contribution in [0.5, 0.6) is 0 Å². The molecule has 0 spiro atoms. The molecule has 1 saturated heterocycles. The van der Waals surface area contributed by atoms with Gasteiger partial charge in [-0.2, -0.15) is 0 Å². The number of amides is 1. The van der Waals surface area contributed by atoms with E-state index in [1.807, 2.05) is 17.5 Å². The number of nitrogens with zero attached hydrogens (tertiary/aromatic N) is 3. The van der Waals surface area contributed by atoms with Gasteiger partial charge in [-0.25, -0.2) is 4.98 Å². The normalized spacial score (nSPS) is 24.9. The Labute approximate surface area is 200 Å². The molecule has 28 heavy (non-hydrogen) atoms. The fourth-order valence-electron chi connectivity index (χ4n) is 4.02. The molecule has 1 N–H and O–H groups in total. The molecule has 0 radical (unpaired) electrons. The van der Waals surface area contributed by atoms with Crippen LogP contribution in [0.2, 0.25) is 0 Å². The monoisotopic (exact) mass is 493 g/mol. The molecule has 0 saturated carbocycles. The first-order valence-corrected chi connectivity index (χ1v) is 11.4. The molecule has 4 rings (SSSR count). The molecule has 1 amide bonds. The molecule has 11 heteroatoms. The molecule has 1 fully saturated rings. The molecule has 0 unspecified atom stereocenters. The van der Waals surface area contributed by atoms with Gasteiger partial charge in [-0.05, 0) is 6.92 Å². The van der Waals surface area contributed by atoms with Crippen molar-refractivity contribution in [1.29, 1.82) is 0 Å². The summed E-state index contributed by atoms with van der Waals surface area (Å²) in [4.78, 5) is 31.7. The molecular formula is C17H17BrN3NaO4S2. The molecule has 144 valence electrons. The quantitative estimate of drug-likeness (QED) is 0.221. The number of carbonyl (C=O) groups excluding carboxylic acids is 2. The number of aliphatic hydroxyl groups is 1. The average Bonchev–Trinajstić information content (AvgIpc) is 3.23. The molecule has 0 aliphatic carbocycles. The zero-order valence-corrected chi connectivity index (χ0v) is 20.8. The second-order valence-electron chi connectivity index (χ2n) is 6.70. The number of aliphatic carboxylic acids is 1. The summed E-state index contributed by atoms with van der Waals surface area (Å²) in [5, 5.41) is 23.5. The van der Waals surface area contributed by atoms with Gasteiger partial charge in [0.1, 0.15) is 16.2 Å². The SMILES string of the molecule is C[C@@H](O)[C@H]1C(=O)N2C(C(=O)[O-])=C(c3cn4cnc(SCCBr)c4s3)[C@H](C)[C@H]12.[Na+]. The Morgan fingerprint density at radius 3 is 2.86 bits per heavy atom. The molecule has 4 atom stereocenters. The Kier molecular flexibility index (Phi) is 6.70. The van der Waals surface area contributed by atoms with E-state index in [-0.39, 0.29) is 53.1 Å². The summed E-state index contributed by atoms with van der Waals surface area (Å²) >= 11 is 6.49. The maximum Gasteiger partial charge on any atom is 1.00 e. The Balaban J connectivity index is 0.00000225. The summed E-state index contributed by atoms with van der Waals surface area (Å²) in [6, 6.07) is -0.345. The minimum absolute atomic E-state index is 0. The van der Waals surface area contributed by atoms with Gasteiger partial charge < -0.3 is 19.9 Å². The first-order valence-electron chi connectivity index (χ1n) is 8.49. The molecular weight excluding hydrogens is 477 g/mol. The number of carboxylic acid groups (broad SMARTS) is 1. The Hall–Kier alpha value is -0.360. The second-order valence-corrected chi connectivity index (χ2v) is 9.61. The van der Waals surface area contributed by atoms with Crippen LogP contribution in [0.15, 0.2) is 23.2 Å². The van der Waals surface area contributed by atoms with Crippen LogP contribution in [-0.4, -0.2) is 54.5 Å². The maximum absolute atomic E-state index is 12.4. The van der Waals surface area contributed by atoms with Crippen LogP contribution in [-0.2, 0) is 9.59 Å². The number of rotatable bonds is 6. The third-order valence-electron chi connectivity index (χ3n) is 5.13. The van der Waals surface area contributed by atoms with Crippen molar-refractivity contribution in [3.05, 3.63) is 23.1 Å². The number of β-lactam (4-membered cyclic amide) rings is 1. The summed E-state index contributed by atoms with van der Waals surface area (Å²) in [5.74, 6) is -1.62. The number of imidazole rings is 1. The summed E-state index contributed by atoms with van der Waals surface area (Å²) in [6.45, 7) is 3.47. The third-order valence-corrected chi connectivity index (χ3v) is 8.30. The van der Waals surface area contributed by atoms with Gasteiger partial charge in [0.15, 0.2) is 0 Å². The zero-order valence-electron chi connectivity index (χ0n) is 15.6.